The van der Waals surface area contributed by atoms with Crippen LogP contribution in [0.4, 0.5) is 10.2 Å². The zero-order valence-corrected chi connectivity index (χ0v) is 13.3. The Morgan fingerprint density at radius 1 is 1.39 bits per heavy atom. The molecule has 1 aromatic carbocycles. The summed E-state index contributed by atoms with van der Waals surface area (Å²) in [6, 6.07) is 4.26. The van der Waals surface area contributed by atoms with E-state index in [9.17, 15) is 9.18 Å². The van der Waals surface area contributed by atoms with Crippen LogP contribution >= 0.6 is 0 Å². The summed E-state index contributed by atoms with van der Waals surface area (Å²) in [6.07, 6.45) is 0.943. The lowest BCUT2D eigenvalue weighted by Gasteiger charge is -2.04. The lowest BCUT2D eigenvalue weighted by atomic mass is 10.1. The van der Waals surface area contributed by atoms with Crippen LogP contribution in [0.2, 0.25) is 0 Å². The van der Waals surface area contributed by atoms with Crippen LogP contribution in [0.15, 0.2) is 18.2 Å². The number of aromatic amines is 1. The van der Waals surface area contributed by atoms with Gasteiger partial charge in [0.1, 0.15) is 5.82 Å². The third-order valence-electron chi connectivity index (χ3n) is 3.80. The molecule has 0 unspecified atom stereocenters. The number of hydrogen-bond donors (Lipinski definition) is 2. The first kappa shape index (κ1) is 15.2. The summed E-state index contributed by atoms with van der Waals surface area (Å²) in [4.78, 5) is 12.6. The Balaban J connectivity index is 1.92. The molecule has 0 fully saturated rings. The van der Waals surface area contributed by atoms with E-state index in [4.69, 9.17) is 0 Å². The van der Waals surface area contributed by atoms with E-state index in [2.05, 4.69) is 27.5 Å². The molecule has 0 aliphatic carbocycles. The molecular weight excluding hydrogens is 297 g/mol. The van der Waals surface area contributed by atoms with E-state index in [-0.39, 0.29) is 11.7 Å². The molecule has 0 radical (unpaired) electrons. The van der Waals surface area contributed by atoms with Crippen LogP contribution in [0.1, 0.15) is 35.1 Å². The molecule has 0 aliphatic rings. The van der Waals surface area contributed by atoms with Gasteiger partial charge in [-0.3, -0.25) is 14.6 Å². The average Bonchev–Trinajstić information content (AvgIpc) is 3.01. The van der Waals surface area contributed by atoms with Crippen molar-refractivity contribution in [2.75, 3.05) is 5.32 Å². The first-order chi connectivity index (χ1) is 11.0. The molecule has 0 atom stereocenters. The molecule has 3 aromatic rings. The maximum atomic E-state index is 13.2. The van der Waals surface area contributed by atoms with Crippen molar-refractivity contribution in [3.63, 3.8) is 0 Å². The largest absolute Gasteiger partial charge is 0.304 e. The number of carbonyl (C=O) groups excluding carboxylic acids is 1. The van der Waals surface area contributed by atoms with Gasteiger partial charge in [-0.25, -0.2) is 4.39 Å². The lowest BCUT2D eigenvalue weighted by Crippen LogP contribution is -2.14. The standard InChI is InChI=1S/C16H18FN5O/c1-4-7-22-10(3)14(9(2)21-22)16(23)18-15-12-6-5-11(17)8-13(12)19-20-15/h5-6,8H,4,7H2,1-3H3,(H2,18,19,20,23). The van der Waals surface area contributed by atoms with Crippen LogP contribution in [0.3, 0.4) is 0 Å². The molecule has 0 aliphatic heterocycles. The Hall–Kier alpha value is -2.70. The molecule has 23 heavy (non-hydrogen) atoms. The molecule has 0 saturated carbocycles. The van der Waals surface area contributed by atoms with Crippen LogP contribution in [-0.4, -0.2) is 25.9 Å². The smallest absolute Gasteiger partial charge is 0.260 e. The Bertz CT molecular complexity index is 880. The highest BCUT2D eigenvalue weighted by molar-refractivity contribution is 6.09. The van der Waals surface area contributed by atoms with E-state index in [0.29, 0.717) is 28.0 Å². The van der Waals surface area contributed by atoms with Gasteiger partial charge < -0.3 is 5.32 Å². The molecule has 120 valence electrons. The average molecular weight is 315 g/mol. The second kappa shape index (κ2) is 5.83. The van der Waals surface area contributed by atoms with Gasteiger partial charge in [0.15, 0.2) is 5.82 Å². The van der Waals surface area contributed by atoms with Crippen molar-refractivity contribution in [3.8, 4) is 0 Å². The molecule has 3 rings (SSSR count). The quantitative estimate of drug-likeness (QED) is 0.776. The molecule has 2 heterocycles. The van der Waals surface area contributed by atoms with E-state index in [0.717, 1.165) is 18.7 Å². The van der Waals surface area contributed by atoms with Crippen molar-refractivity contribution in [2.24, 2.45) is 0 Å². The lowest BCUT2D eigenvalue weighted by molar-refractivity contribution is 0.102. The normalized spacial score (nSPS) is 11.1. The van der Waals surface area contributed by atoms with Crippen LogP contribution < -0.4 is 5.32 Å². The van der Waals surface area contributed by atoms with E-state index in [1.165, 1.54) is 12.1 Å². The number of fused-ring (bicyclic) bond motifs is 1. The van der Waals surface area contributed by atoms with Gasteiger partial charge in [0.25, 0.3) is 5.91 Å². The van der Waals surface area contributed by atoms with Gasteiger partial charge in [0, 0.05) is 17.6 Å². The molecule has 2 N–H and O–H groups in total. The van der Waals surface area contributed by atoms with E-state index in [1.807, 2.05) is 18.5 Å². The van der Waals surface area contributed by atoms with Gasteiger partial charge >= 0.3 is 0 Å². The number of nitrogens with one attached hydrogen (secondary N) is 2. The minimum absolute atomic E-state index is 0.264. The number of H-pyrrole nitrogens is 1. The number of carbonyl (C=O) groups is 1. The fourth-order valence-electron chi connectivity index (χ4n) is 2.71. The first-order valence-electron chi connectivity index (χ1n) is 7.50. The van der Waals surface area contributed by atoms with Gasteiger partial charge in [-0.1, -0.05) is 6.92 Å². The van der Waals surface area contributed by atoms with Crippen molar-refractivity contribution >= 4 is 22.6 Å². The predicted molar refractivity (Wildman–Crippen MR) is 86.0 cm³/mol. The van der Waals surface area contributed by atoms with Crippen molar-refractivity contribution < 1.29 is 9.18 Å². The molecule has 6 nitrogen and oxygen atoms in total. The van der Waals surface area contributed by atoms with Crippen molar-refractivity contribution in [1.82, 2.24) is 20.0 Å². The third kappa shape index (κ3) is 2.69. The number of halogens is 1. The maximum absolute atomic E-state index is 13.2. The zero-order chi connectivity index (χ0) is 16.6. The van der Waals surface area contributed by atoms with Crippen molar-refractivity contribution in [2.45, 2.75) is 33.7 Å². The van der Waals surface area contributed by atoms with Crippen LogP contribution in [0, 0.1) is 19.7 Å². The summed E-state index contributed by atoms with van der Waals surface area (Å²) < 4.78 is 15.0. The second-order valence-electron chi connectivity index (χ2n) is 5.49. The SMILES string of the molecule is CCCn1nc(C)c(C(=O)Nc2n[nH]c3cc(F)ccc23)c1C. The number of rotatable bonds is 4. The van der Waals surface area contributed by atoms with Crippen LogP contribution in [-0.2, 0) is 6.54 Å². The van der Waals surface area contributed by atoms with Crippen LogP contribution in [0.25, 0.3) is 10.9 Å². The summed E-state index contributed by atoms with van der Waals surface area (Å²) in [5.41, 5.74) is 2.60. The Morgan fingerprint density at radius 3 is 2.91 bits per heavy atom. The van der Waals surface area contributed by atoms with Crippen molar-refractivity contribution in [3.05, 3.63) is 41.0 Å². The minimum atomic E-state index is -0.355. The zero-order valence-electron chi connectivity index (χ0n) is 13.3. The first-order valence-corrected chi connectivity index (χ1v) is 7.50. The Morgan fingerprint density at radius 2 is 2.17 bits per heavy atom. The van der Waals surface area contributed by atoms with Gasteiger partial charge in [-0.2, -0.15) is 10.2 Å². The highest BCUT2D eigenvalue weighted by Crippen LogP contribution is 2.22. The summed E-state index contributed by atoms with van der Waals surface area (Å²) >= 11 is 0. The number of hydrogen-bond acceptors (Lipinski definition) is 3. The second-order valence-corrected chi connectivity index (χ2v) is 5.49. The third-order valence-corrected chi connectivity index (χ3v) is 3.80. The molecule has 0 saturated heterocycles. The summed E-state index contributed by atoms with van der Waals surface area (Å²) in [5.74, 6) is -0.237. The highest BCUT2D eigenvalue weighted by atomic mass is 19.1. The number of anilines is 1. The number of amides is 1. The monoisotopic (exact) mass is 315 g/mol. The van der Waals surface area contributed by atoms with Gasteiger partial charge in [0.2, 0.25) is 0 Å². The molecule has 0 spiro atoms. The summed E-state index contributed by atoms with van der Waals surface area (Å²) in [6.45, 7) is 6.52. The number of aryl methyl sites for hydroxylation is 2. The summed E-state index contributed by atoms with van der Waals surface area (Å²) in [7, 11) is 0. The molecule has 7 heteroatoms. The minimum Gasteiger partial charge on any atom is -0.304 e. The fraction of sp³-hybridized carbons (Fsp3) is 0.312. The van der Waals surface area contributed by atoms with Gasteiger partial charge in [-0.05, 0) is 38.5 Å². The summed E-state index contributed by atoms with van der Waals surface area (Å²) in [5, 5.41) is 14.6. The van der Waals surface area contributed by atoms with E-state index in [1.54, 1.807) is 6.07 Å². The van der Waals surface area contributed by atoms with Gasteiger partial charge in [-0.15, -0.1) is 0 Å². The maximum Gasteiger partial charge on any atom is 0.260 e. The van der Waals surface area contributed by atoms with Crippen molar-refractivity contribution in [1.29, 1.82) is 0 Å². The molecule has 2 aromatic heterocycles. The highest BCUT2D eigenvalue weighted by Gasteiger charge is 2.20. The Labute approximate surface area is 132 Å². The Kier molecular flexibility index (Phi) is 3.85. The fourth-order valence-corrected chi connectivity index (χ4v) is 2.71. The molecule has 1 amide bonds. The molecular formula is C16H18FN5O. The number of benzene rings is 1. The topological polar surface area (TPSA) is 75.6 Å². The number of nitrogens with zero attached hydrogens (tertiary/aromatic N) is 3. The predicted octanol–water partition coefficient (Wildman–Crippen LogP) is 3.18. The molecule has 0 bridgehead atoms. The van der Waals surface area contributed by atoms with Gasteiger partial charge in [0.05, 0.1) is 16.8 Å². The van der Waals surface area contributed by atoms with E-state index < -0.39 is 0 Å². The number of aromatic nitrogens is 4. The van der Waals surface area contributed by atoms with Crippen LogP contribution in [0.5, 0.6) is 0 Å². The van der Waals surface area contributed by atoms with E-state index >= 15 is 0 Å².